The van der Waals surface area contributed by atoms with Crippen molar-refractivity contribution in [1.82, 2.24) is 10.2 Å². The number of hydrogen-bond acceptors (Lipinski definition) is 4. The summed E-state index contributed by atoms with van der Waals surface area (Å²) in [6.45, 7) is 0.372. The highest BCUT2D eigenvalue weighted by Crippen LogP contribution is 2.31. The molecule has 31 heavy (non-hydrogen) atoms. The Morgan fingerprint density at radius 1 is 0.968 bits per heavy atom. The maximum Gasteiger partial charge on any atom is 0.470 e. The lowest BCUT2D eigenvalue weighted by Crippen LogP contribution is -2.36. The minimum atomic E-state index is -4.68. The zero-order valence-corrected chi connectivity index (χ0v) is 16.8. The van der Waals surface area contributed by atoms with E-state index in [0.29, 0.717) is 12.1 Å². The van der Waals surface area contributed by atoms with Crippen molar-refractivity contribution < 1.29 is 22.4 Å². The van der Waals surface area contributed by atoms with Crippen LogP contribution in [0, 0.1) is 5.92 Å². The highest BCUT2D eigenvalue weighted by molar-refractivity contribution is 5.95. The molecule has 0 atom stereocenters. The predicted octanol–water partition coefficient (Wildman–Crippen LogP) is 5.87. The van der Waals surface area contributed by atoms with Gasteiger partial charge in [0.25, 0.3) is 0 Å². The van der Waals surface area contributed by atoms with Crippen molar-refractivity contribution in [3.05, 3.63) is 66.1 Å². The van der Waals surface area contributed by atoms with Gasteiger partial charge in [-0.1, -0.05) is 49.6 Å². The van der Waals surface area contributed by atoms with Crippen LogP contribution in [0.5, 0.6) is 0 Å². The van der Waals surface area contributed by atoms with E-state index >= 15 is 0 Å². The largest absolute Gasteiger partial charge is 0.470 e. The van der Waals surface area contributed by atoms with Crippen molar-refractivity contribution in [2.24, 2.45) is 5.92 Å². The van der Waals surface area contributed by atoms with Crippen molar-refractivity contribution in [2.75, 3.05) is 4.90 Å². The number of carbonyl (C=O) groups excluding carboxylic acids is 1. The Balaban J connectivity index is 1.54. The first-order chi connectivity index (χ1) is 14.9. The van der Waals surface area contributed by atoms with Gasteiger partial charge in [-0.05, 0) is 42.7 Å². The SMILES string of the molecule is O=C(C1CCCCC1)N(Cc1ccc(-c2nnc(C(F)(F)F)o2)cc1)c1ccccc1. The van der Waals surface area contributed by atoms with Crippen LogP contribution < -0.4 is 4.90 Å². The molecule has 0 aliphatic heterocycles. The molecule has 0 saturated heterocycles. The second kappa shape index (κ2) is 8.91. The summed E-state index contributed by atoms with van der Waals surface area (Å²) in [6.07, 6.45) is 0.429. The van der Waals surface area contributed by atoms with E-state index in [2.05, 4.69) is 10.2 Å². The van der Waals surface area contributed by atoms with Crippen LogP contribution in [0.2, 0.25) is 0 Å². The van der Waals surface area contributed by atoms with Gasteiger partial charge in [0, 0.05) is 17.2 Å². The lowest BCUT2D eigenvalue weighted by Gasteiger charge is -2.29. The fraction of sp³-hybridized carbons (Fsp3) is 0.348. The lowest BCUT2D eigenvalue weighted by atomic mass is 9.88. The normalized spacial score (nSPS) is 15.1. The summed E-state index contributed by atoms with van der Waals surface area (Å²) >= 11 is 0. The standard InChI is InChI=1S/C23H22F3N3O2/c24-23(25,26)22-28-27-20(31-22)17-13-11-16(12-14-17)15-29(19-9-5-2-6-10-19)21(30)18-7-3-1-4-8-18/h2,5-6,9-14,18H,1,3-4,7-8,15H2. The number of alkyl halides is 3. The zero-order chi connectivity index (χ0) is 21.8. The molecule has 1 amide bonds. The van der Waals surface area contributed by atoms with E-state index in [-0.39, 0.29) is 17.7 Å². The van der Waals surface area contributed by atoms with Gasteiger partial charge in [-0.2, -0.15) is 13.2 Å². The molecule has 162 valence electrons. The molecular weight excluding hydrogens is 407 g/mol. The second-order valence-electron chi connectivity index (χ2n) is 7.70. The van der Waals surface area contributed by atoms with Crippen LogP contribution in [0.15, 0.2) is 59.0 Å². The molecule has 0 bridgehead atoms. The van der Waals surface area contributed by atoms with Crippen LogP contribution in [0.1, 0.15) is 43.6 Å². The third-order valence-electron chi connectivity index (χ3n) is 5.50. The van der Waals surface area contributed by atoms with Gasteiger partial charge in [-0.25, -0.2) is 0 Å². The van der Waals surface area contributed by atoms with Crippen LogP contribution >= 0.6 is 0 Å². The molecule has 8 heteroatoms. The number of halogens is 3. The van der Waals surface area contributed by atoms with Crippen molar-refractivity contribution in [3.8, 4) is 11.5 Å². The van der Waals surface area contributed by atoms with E-state index in [4.69, 9.17) is 4.42 Å². The van der Waals surface area contributed by atoms with Gasteiger partial charge in [0.2, 0.25) is 11.8 Å². The van der Waals surface area contributed by atoms with E-state index in [0.717, 1.165) is 36.9 Å². The van der Waals surface area contributed by atoms with E-state index < -0.39 is 12.1 Å². The molecule has 5 nitrogen and oxygen atoms in total. The number of nitrogens with zero attached hydrogens (tertiary/aromatic N) is 3. The van der Waals surface area contributed by atoms with E-state index in [1.807, 2.05) is 30.3 Å². The van der Waals surface area contributed by atoms with Gasteiger partial charge in [0.05, 0.1) is 6.54 Å². The van der Waals surface area contributed by atoms with Gasteiger partial charge in [-0.15, -0.1) is 10.2 Å². The molecule has 0 N–H and O–H groups in total. The molecule has 1 heterocycles. The molecule has 0 radical (unpaired) electrons. The lowest BCUT2D eigenvalue weighted by molar-refractivity contribution is -0.156. The molecule has 0 spiro atoms. The second-order valence-corrected chi connectivity index (χ2v) is 7.70. The molecule has 1 fully saturated rings. The number of para-hydroxylation sites is 1. The summed E-state index contributed by atoms with van der Waals surface area (Å²) in [4.78, 5) is 15.1. The third-order valence-corrected chi connectivity index (χ3v) is 5.50. The summed E-state index contributed by atoms with van der Waals surface area (Å²) < 4.78 is 42.8. The minimum Gasteiger partial charge on any atom is -0.413 e. The first kappa shape index (κ1) is 21.1. The number of anilines is 1. The summed E-state index contributed by atoms with van der Waals surface area (Å²) in [5, 5.41) is 6.53. The molecule has 1 aromatic heterocycles. The highest BCUT2D eigenvalue weighted by Gasteiger charge is 2.38. The first-order valence-corrected chi connectivity index (χ1v) is 10.3. The van der Waals surface area contributed by atoms with Crippen molar-refractivity contribution >= 4 is 11.6 Å². The third kappa shape index (κ3) is 4.95. The first-order valence-electron chi connectivity index (χ1n) is 10.3. The maximum atomic E-state index is 13.3. The smallest absolute Gasteiger partial charge is 0.413 e. The Kier molecular flexibility index (Phi) is 6.06. The van der Waals surface area contributed by atoms with Gasteiger partial charge >= 0.3 is 12.1 Å². The number of hydrogen-bond donors (Lipinski definition) is 0. The molecule has 4 rings (SSSR count). The average molecular weight is 429 g/mol. The maximum absolute atomic E-state index is 13.3. The fourth-order valence-electron chi connectivity index (χ4n) is 3.86. The average Bonchev–Trinajstić information content (AvgIpc) is 3.30. The topological polar surface area (TPSA) is 59.2 Å². The van der Waals surface area contributed by atoms with E-state index in [9.17, 15) is 18.0 Å². The molecule has 1 saturated carbocycles. The van der Waals surface area contributed by atoms with Gasteiger partial charge in [0.15, 0.2) is 0 Å². The van der Waals surface area contributed by atoms with Gasteiger partial charge in [0.1, 0.15) is 0 Å². The van der Waals surface area contributed by atoms with E-state index in [1.165, 1.54) is 6.42 Å². The van der Waals surface area contributed by atoms with Crippen molar-refractivity contribution in [2.45, 2.75) is 44.8 Å². The summed E-state index contributed by atoms with van der Waals surface area (Å²) in [7, 11) is 0. The fourth-order valence-corrected chi connectivity index (χ4v) is 3.86. The van der Waals surface area contributed by atoms with Crippen LogP contribution in [-0.4, -0.2) is 16.1 Å². The quantitative estimate of drug-likeness (QED) is 0.509. The Morgan fingerprint density at radius 3 is 2.26 bits per heavy atom. The Hall–Kier alpha value is -3.16. The minimum absolute atomic E-state index is 0.0208. The van der Waals surface area contributed by atoms with Gasteiger partial charge in [-0.3, -0.25) is 4.79 Å². The Labute approximate surface area is 177 Å². The number of rotatable bonds is 5. The van der Waals surface area contributed by atoms with Crippen LogP contribution in [-0.2, 0) is 17.5 Å². The van der Waals surface area contributed by atoms with Crippen molar-refractivity contribution in [3.63, 3.8) is 0 Å². The monoisotopic (exact) mass is 429 g/mol. The highest BCUT2D eigenvalue weighted by atomic mass is 19.4. The molecule has 1 aliphatic rings. The number of amides is 1. The Bertz CT molecular complexity index is 1010. The predicted molar refractivity (Wildman–Crippen MR) is 109 cm³/mol. The summed E-state index contributed by atoms with van der Waals surface area (Å²) in [5.41, 5.74) is 2.07. The molecule has 0 unspecified atom stereocenters. The van der Waals surface area contributed by atoms with E-state index in [1.54, 1.807) is 29.2 Å². The van der Waals surface area contributed by atoms with Crippen LogP contribution in [0.4, 0.5) is 18.9 Å². The zero-order valence-electron chi connectivity index (χ0n) is 16.8. The van der Waals surface area contributed by atoms with Gasteiger partial charge < -0.3 is 9.32 Å². The van der Waals surface area contributed by atoms with Crippen LogP contribution in [0.25, 0.3) is 11.5 Å². The van der Waals surface area contributed by atoms with Crippen LogP contribution in [0.3, 0.4) is 0 Å². The Morgan fingerprint density at radius 2 is 1.65 bits per heavy atom. The molecule has 2 aromatic carbocycles. The molecular formula is C23H22F3N3O2. The number of benzene rings is 2. The number of aromatic nitrogens is 2. The molecule has 1 aliphatic carbocycles. The van der Waals surface area contributed by atoms with Crippen molar-refractivity contribution in [1.29, 1.82) is 0 Å². The summed E-state index contributed by atoms with van der Waals surface area (Å²) in [6, 6.07) is 16.3. The molecule has 3 aromatic rings. The summed E-state index contributed by atoms with van der Waals surface area (Å²) in [5.74, 6) is -1.44. The number of carbonyl (C=O) groups is 1.